The van der Waals surface area contributed by atoms with Crippen molar-refractivity contribution in [2.75, 3.05) is 0 Å². The van der Waals surface area contributed by atoms with E-state index in [1.807, 2.05) is 0 Å². The summed E-state index contributed by atoms with van der Waals surface area (Å²) in [7, 11) is 0. The molecule has 2 aromatic heterocycles. The van der Waals surface area contributed by atoms with Gasteiger partial charge in [0.15, 0.2) is 0 Å². The molecule has 0 aliphatic heterocycles. The molecular weight excluding hydrogens is 414 g/mol. The molecule has 1 fully saturated rings. The Hall–Kier alpha value is -3.53. The van der Waals surface area contributed by atoms with Gasteiger partial charge in [0.05, 0.1) is 17.7 Å². The van der Waals surface area contributed by atoms with Crippen molar-refractivity contribution < 1.29 is 14.1 Å². The highest BCUT2D eigenvalue weighted by Crippen LogP contribution is 2.29. The summed E-state index contributed by atoms with van der Waals surface area (Å²) in [4.78, 5) is 36.7. The van der Waals surface area contributed by atoms with Gasteiger partial charge >= 0.3 is 0 Å². The lowest BCUT2D eigenvalue weighted by Gasteiger charge is -2.21. The average Bonchev–Trinajstić information content (AvgIpc) is 3.46. The summed E-state index contributed by atoms with van der Waals surface area (Å²) < 4.78 is 6.71. The molecule has 1 amide bonds. The zero-order valence-corrected chi connectivity index (χ0v) is 16.4. The minimum Gasteiger partial charge on any atom is -0.419 e. The van der Waals surface area contributed by atoms with E-state index in [0.29, 0.717) is 16.5 Å². The number of amides is 1. The van der Waals surface area contributed by atoms with Gasteiger partial charge in [-0.1, -0.05) is 11.6 Å². The number of nitrogens with zero attached hydrogens (tertiary/aromatic N) is 5. The van der Waals surface area contributed by atoms with E-state index in [1.54, 1.807) is 29.2 Å². The summed E-state index contributed by atoms with van der Waals surface area (Å²) in [5.74, 6) is 0.206. The molecule has 0 bridgehead atoms. The third kappa shape index (κ3) is 4.38. The van der Waals surface area contributed by atoms with Gasteiger partial charge in [-0.25, -0.2) is 0 Å². The number of hydrogen-bond acceptors (Lipinski definition) is 7. The molecular formula is C19H16ClN5O5. The Bertz CT molecular complexity index is 1150. The monoisotopic (exact) mass is 429 g/mol. The molecule has 30 heavy (non-hydrogen) atoms. The van der Waals surface area contributed by atoms with E-state index in [-0.39, 0.29) is 36.6 Å². The molecule has 1 aliphatic carbocycles. The van der Waals surface area contributed by atoms with E-state index in [9.17, 15) is 19.7 Å². The van der Waals surface area contributed by atoms with E-state index >= 15 is 0 Å². The number of carbonyl (C=O) groups excluding carboxylic acids is 1. The molecule has 2 heterocycles. The maximum absolute atomic E-state index is 12.8. The van der Waals surface area contributed by atoms with Crippen molar-refractivity contribution in [2.45, 2.75) is 32.0 Å². The zero-order valence-electron chi connectivity index (χ0n) is 15.6. The lowest BCUT2D eigenvalue weighted by atomic mass is 10.2. The van der Waals surface area contributed by atoms with Gasteiger partial charge in [-0.3, -0.25) is 24.3 Å². The van der Waals surface area contributed by atoms with E-state index in [4.69, 9.17) is 16.0 Å². The summed E-state index contributed by atoms with van der Waals surface area (Å²) in [6.45, 7) is -0.219. The van der Waals surface area contributed by atoms with Crippen LogP contribution in [-0.2, 0) is 17.9 Å². The van der Waals surface area contributed by atoms with Crippen molar-refractivity contribution in [3.8, 4) is 11.5 Å². The topological polar surface area (TPSA) is 124 Å². The number of carbonyl (C=O) groups is 1. The van der Waals surface area contributed by atoms with Crippen molar-refractivity contribution in [2.24, 2.45) is 0 Å². The first-order valence-corrected chi connectivity index (χ1v) is 9.51. The van der Waals surface area contributed by atoms with Gasteiger partial charge in [-0.05, 0) is 37.1 Å². The number of pyridine rings is 1. The van der Waals surface area contributed by atoms with Crippen molar-refractivity contribution in [1.29, 1.82) is 0 Å². The smallest absolute Gasteiger partial charge is 0.285 e. The fourth-order valence-electron chi connectivity index (χ4n) is 2.97. The summed E-state index contributed by atoms with van der Waals surface area (Å²) in [5, 5.41) is 19.5. The number of hydrogen-bond donors (Lipinski definition) is 0. The number of nitro groups is 1. The Kier molecular flexibility index (Phi) is 5.32. The molecule has 0 saturated heterocycles. The van der Waals surface area contributed by atoms with Gasteiger partial charge in [0.1, 0.15) is 6.54 Å². The number of aromatic nitrogens is 3. The molecule has 1 saturated carbocycles. The molecule has 10 nitrogen and oxygen atoms in total. The van der Waals surface area contributed by atoms with Crippen LogP contribution in [-0.4, -0.2) is 36.5 Å². The second-order valence-electron chi connectivity index (χ2n) is 6.87. The van der Waals surface area contributed by atoms with Crippen LogP contribution < -0.4 is 5.56 Å². The predicted octanol–water partition coefficient (Wildman–Crippen LogP) is 2.65. The highest BCUT2D eigenvalue weighted by molar-refractivity contribution is 6.30. The van der Waals surface area contributed by atoms with E-state index in [1.165, 1.54) is 0 Å². The van der Waals surface area contributed by atoms with E-state index < -0.39 is 10.5 Å². The summed E-state index contributed by atoms with van der Waals surface area (Å²) in [5.41, 5.74) is -0.0528. The van der Waals surface area contributed by atoms with Crippen LogP contribution in [0, 0.1) is 10.1 Å². The largest absolute Gasteiger partial charge is 0.419 e. The lowest BCUT2D eigenvalue weighted by molar-refractivity contribution is -0.385. The van der Waals surface area contributed by atoms with Crippen molar-refractivity contribution >= 4 is 23.2 Å². The molecule has 3 aromatic rings. The maximum Gasteiger partial charge on any atom is 0.285 e. The molecule has 0 N–H and O–H groups in total. The first-order chi connectivity index (χ1) is 14.4. The fourth-order valence-corrected chi connectivity index (χ4v) is 3.09. The number of rotatable bonds is 7. The highest BCUT2D eigenvalue weighted by atomic mass is 35.5. The SMILES string of the molecule is O=C(Cn1cc([N+](=O)[O-])ccc1=O)N(Cc1nnc(-c2ccc(Cl)cc2)o1)C1CC1. The molecule has 0 radical (unpaired) electrons. The Labute approximate surface area is 174 Å². The van der Waals surface area contributed by atoms with Gasteiger partial charge in [0.25, 0.3) is 11.2 Å². The normalized spacial score (nSPS) is 13.2. The Morgan fingerprint density at radius 2 is 1.97 bits per heavy atom. The quantitative estimate of drug-likeness (QED) is 0.417. The number of benzene rings is 1. The maximum atomic E-state index is 12.8. The van der Waals surface area contributed by atoms with E-state index in [2.05, 4.69) is 10.2 Å². The van der Waals surface area contributed by atoms with Crippen LogP contribution in [0.15, 0.2) is 51.8 Å². The second kappa shape index (κ2) is 8.07. The van der Waals surface area contributed by atoms with Crippen LogP contribution in [0.2, 0.25) is 5.02 Å². The van der Waals surface area contributed by atoms with Crippen LogP contribution in [0.3, 0.4) is 0 Å². The zero-order chi connectivity index (χ0) is 21.3. The molecule has 1 aliphatic rings. The van der Waals surface area contributed by atoms with Crippen LogP contribution in [0.4, 0.5) is 5.69 Å². The number of halogens is 1. The Morgan fingerprint density at radius 1 is 1.23 bits per heavy atom. The molecule has 0 spiro atoms. The standard InChI is InChI=1S/C19H16ClN5O5/c20-13-3-1-12(2-4-13)19-22-21-16(30-19)10-24(14-5-6-14)18(27)11-23-9-15(25(28)29)7-8-17(23)26/h1-4,7-9,14H,5-6,10-11H2. The first kappa shape index (κ1) is 19.8. The van der Waals surface area contributed by atoms with Gasteiger partial charge in [-0.15, -0.1) is 10.2 Å². The van der Waals surface area contributed by atoms with Crippen molar-refractivity contribution in [1.82, 2.24) is 19.7 Å². The Balaban J connectivity index is 1.50. The van der Waals surface area contributed by atoms with Crippen LogP contribution in [0.25, 0.3) is 11.5 Å². The van der Waals surface area contributed by atoms with Crippen LogP contribution >= 0.6 is 11.6 Å². The summed E-state index contributed by atoms with van der Waals surface area (Å²) in [6.07, 6.45) is 2.72. The third-order valence-corrected chi connectivity index (χ3v) is 4.91. The third-order valence-electron chi connectivity index (χ3n) is 4.66. The highest BCUT2D eigenvalue weighted by Gasteiger charge is 2.34. The molecule has 154 valence electrons. The van der Waals surface area contributed by atoms with Gasteiger partial charge in [-0.2, -0.15) is 0 Å². The van der Waals surface area contributed by atoms with Crippen molar-refractivity contribution in [3.05, 3.63) is 74.0 Å². The molecule has 11 heteroatoms. The minimum absolute atomic E-state index is 0.0118. The molecule has 0 atom stereocenters. The predicted molar refractivity (Wildman–Crippen MR) is 106 cm³/mol. The fraction of sp³-hybridized carbons (Fsp3) is 0.263. The molecule has 0 unspecified atom stereocenters. The van der Waals surface area contributed by atoms with E-state index in [0.717, 1.165) is 35.7 Å². The van der Waals surface area contributed by atoms with Gasteiger partial charge in [0, 0.05) is 28.8 Å². The summed E-state index contributed by atoms with van der Waals surface area (Å²) >= 11 is 5.88. The summed E-state index contributed by atoms with van der Waals surface area (Å²) in [6, 6.07) is 9.10. The van der Waals surface area contributed by atoms with Crippen LogP contribution in [0.5, 0.6) is 0 Å². The molecule has 4 rings (SSSR count). The van der Waals surface area contributed by atoms with Gasteiger partial charge in [0.2, 0.25) is 17.7 Å². The molecule has 1 aromatic carbocycles. The van der Waals surface area contributed by atoms with Crippen LogP contribution in [0.1, 0.15) is 18.7 Å². The lowest BCUT2D eigenvalue weighted by Crippen LogP contribution is -2.37. The second-order valence-corrected chi connectivity index (χ2v) is 7.31. The van der Waals surface area contributed by atoms with Crippen molar-refractivity contribution in [3.63, 3.8) is 0 Å². The minimum atomic E-state index is -0.615. The average molecular weight is 430 g/mol. The van der Waals surface area contributed by atoms with Gasteiger partial charge < -0.3 is 9.32 Å². The first-order valence-electron chi connectivity index (χ1n) is 9.13. The Morgan fingerprint density at radius 3 is 2.63 bits per heavy atom.